The molecule has 1 aliphatic heterocycles. The largest absolute Gasteiger partial charge is 0.465 e. The maximum absolute atomic E-state index is 13.7. The van der Waals surface area contributed by atoms with Gasteiger partial charge >= 0.3 is 12.0 Å². The number of amides is 2. The second-order valence-electron chi connectivity index (χ2n) is 6.32. The predicted molar refractivity (Wildman–Crippen MR) is 101 cm³/mol. The zero-order valence-electron chi connectivity index (χ0n) is 15.1. The lowest BCUT2D eigenvalue weighted by Crippen LogP contribution is -2.30. The topological polar surface area (TPSA) is 70.7 Å². The number of hydrogen-bond acceptors (Lipinski definition) is 4. The molecule has 1 fully saturated rings. The van der Waals surface area contributed by atoms with Crippen LogP contribution in [0.2, 0.25) is 0 Å². The molecule has 27 heavy (non-hydrogen) atoms. The van der Waals surface area contributed by atoms with Crippen LogP contribution in [0.5, 0.6) is 0 Å². The van der Waals surface area contributed by atoms with E-state index in [2.05, 4.69) is 15.5 Å². The molecule has 142 valence electrons. The van der Waals surface area contributed by atoms with E-state index in [1.165, 1.54) is 13.2 Å². The third kappa shape index (κ3) is 4.55. The minimum atomic E-state index is -0.474. The van der Waals surface area contributed by atoms with Gasteiger partial charge in [0.15, 0.2) is 0 Å². The van der Waals surface area contributed by atoms with Gasteiger partial charge in [0.05, 0.1) is 24.0 Å². The van der Waals surface area contributed by atoms with Crippen molar-refractivity contribution in [3.05, 3.63) is 59.4 Å². The van der Waals surface area contributed by atoms with Crippen molar-refractivity contribution in [2.75, 3.05) is 30.4 Å². The highest BCUT2D eigenvalue weighted by molar-refractivity contribution is 5.97. The summed E-state index contributed by atoms with van der Waals surface area (Å²) < 4.78 is 18.4. The molecule has 0 unspecified atom stereocenters. The summed E-state index contributed by atoms with van der Waals surface area (Å²) in [4.78, 5) is 26.3. The Bertz CT molecular complexity index is 835. The van der Waals surface area contributed by atoms with E-state index in [9.17, 15) is 14.0 Å². The zero-order valence-corrected chi connectivity index (χ0v) is 15.1. The van der Waals surface area contributed by atoms with Crippen LogP contribution >= 0.6 is 0 Å². The van der Waals surface area contributed by atoms with Gasteiger partial charge in [0.25, 0.3) is 0 Å². The van der Waals surface area contributed by atoms with Crippen molar-refractivity contribution >= 4 is 23.4 Å². The lowest BCUT2D eigenvalue weighted by Gasteiger charge is -2.22. The summed E-state index contributed by atoms with van der Waals surface area (Å²) in [5.41, 5.74) is 2.12. The minimum Gasteiger partial charge on any atom is -0.465 e. The fourth-order valence-corrected chi connectivity index (χ4v) is 3.10. The summed E-state index contributed by atoms with van der Waals surface area (Å²) in [6, 6.07) is 10.9. The molecule has 1 saturated heterocycles. The fourth-order valence-electron chi connectivity index (χ4n) is 3.10. The number of nitrogens with one attached hydrogen (secondary N) is 2. The van der Waals surface area contributed by atoms with Crippen LogP contribution in [0.15, 0.2) is 42.5 Å². The highest BCUT2D eigenvalue weighted by Crippen LogP contribution is 2.30. The van der Waals surface area contributed by atoms with Crippen LogP contribution in [0.4, 0.5) is 20.6 Å². The number of urea groups is 1. The minimum absolute atomic E-state index is 0.0637. The molecule has 7 heteroatoms. The Labute approximate surface area is 157 Å². The molecule has 2 aromatic rings. The molecule has 0 aliphatic carbocycles. The normalized spacial score (nSPS) is 13.3. The molecule has 2 amide bonds. The van der Waals surface area contributed by atoms with E-state index in [-0.39, 0.29) is 12.4 Å². The third-order valence-electron chi connectivity index (χ3n) is 4.51. The van der Waals surface area contributed by atoms with Gasteiger partial charge < -0.3 is 20.3 Å². The summed E-state index contributed by atoms with van der Waals surface area (Å²) >= 11 is 0. The van der Waals surface area contributed by atoms with E-state index in [1.807, 2.05) is 6.07 Å². The second kappa shape index (κ2) is 8.53. The molecule has 0 radical (unpaired) electrons. The monoisotopic (exact) mass is 371 g/mol. The Hall–Kier alpha value is -3.09. The molecule has 0 spiro atoms. The first kappa shape index (κ1) is 18.7. The van der Waals surface area contributed by atoms with E-state index in [4.69, 9.17) is 4.74 Å². The number of methoxy groups -OCH3 is 1. The summed E-state index contributed by atoms with van der Waals surface area (Å²) in [6.07, 6.45) is 2.16. The van der Waals surface area contributed by atoms with E-state index in [1.54, 1.807) is 30.3 Å². The van der Waals surface area contributed by atoms with Crippen LogP contribution in [0.3, 0.4) is 0 Å². The van der Waals surface area contributed by atoms with Gasteiger partial charge in [-0.05, 0) is 37.1 Å². The summed E-state index contributed by atoms with van der Waals surface area (Å²) in [6.45, 7) is 1.85. The van der Waals surface area contributed by atoms with E-state index < -0.39 is 12.0 Å². The molecule has 2 N–H and O–H groups in total. The smallest absolute Gasteiger partial charge is 0.337 e. The first-order chi connectivity index (χ1) is 13.1. The molecular formula is C20H22FN3O3. The van der Waals surface area contributed by atoms with Crippen molar-refractivity contribution in [1.29, 1.82) is 0 Å². The van der Waals surface area contributed by atoms with Gasteiger partial charge in [-0.3, -0.25) is 0 Å². The molecule has 0 bridgehead atoms. The Morgan fingerprint density at radius 1 is 1.15 bits per heavy atom. The average molecular weight is 371 g/mol. The molecule has 2 aromatic carbocycles. The van der Waals surface area contributed by atoms with E-state index >= 15 is 0 Å². The van der Waals surface area contributed by atoms with Gasteiger partial charge in [0.1, 0.15) is 5.82 Å². The third-order valence-corrected chi connectivity index (χ3v) is 4.51. The molecule has 6 nitrogen and oxygen atoms in total. The second-order valence-corrected chi connectivity index (χ2v) is 6.32. The number of rotatable bonds is 5. The number of ether oxygens (including phenoxy) is 1. The molecule has 1 heterocycles. The van der Waals surface area contributed by atoms with Crippen LogP contribution in [0.1, 0.15) is 28.8 Å². The highest BCUT2D eigenvalue weighted by Gasteiger charge is 2.19. The Balaban J connectivity index is 1.75. The number of anilines is 2. The van der Waals surface area contributed by atoms with Gasteiger partial charge in [-0.15, -0.1) is 0 Å². The summed E-state index contributed by atoms with van der Waals surface area (Å²) in [7, 11) is 1.31. The first-order valence-electron chi connectivity index (χ1n) is 8.84. The zero-order chi connectivity index (χ0) is 19.2. The maximum Gasteiger partial charge on any atom is 0.337 e. The lowest BCUT2D eigenvalue weighted by molar-refractivity contribution is 0.0600. The Kier molecular flexibility index (Phi) is 5.90. The maximum atomic E-state index is 13.7. The summed E-state index contributed by atoms with van der Waals surface area (Å²) in [5.74, 6) is -0.846. The van der Waals surface area contributed by atoms with Crippen molar-refractivity contribution in [1.82, 2.24) is 5.32 Å². The van der Waals surface area contributed by atoms with Crippen LogP contribution in [-0.2, 0) is 11.3 Å². The van der Waals surface area contributed by atoms with E-state index in [0.29, 0.717) is 16.8 Å². The van der Waals surface area contributed by atoms with Crippen LogP contribution in [0.25, 0.3) is 0 Å². The van der Waals surface area contributed by atoms with Crippen molar-refractivity contribution in [2.45, 2.75) is 19.4 Å². The van der Waals surface area contributed by atoms with Crippen molar-refractivity contribution in [3.8, 4) is 0 Å². The van der Waals surface area contributed by atoms with Crippen molar-refractivity contribution in [2.24, 2.45) is 0 Å². The van der Waals surface area contributed by atoms with Gasteiger partial charge in [0, 0.05) is 25.2 Å². The molecule has 1 aliphatic rings. The standard InChI is InChI=1S/C20H22FN3O3/c1-27-19(25)14-8-9-18(24-10-4-5-11-24)17(12-14)23-20(26)22-13-15-6-2-3-7-16(15)21/h2-3,6-9,12H,4-5,10-11,13H2,1H3,(H2,22,23,26). The van der Waals surface area contributed by atoms with Crippen molar-refractivity contribution in [3.63, 3.8) is 0 Å². The SMILES string of the molecule is COC(=O)c1ccc(N2CCCC2)c(NC(=O)NCc2ccccc2F)c1. The average Bonchev–Trinajstić information content (AvgIpc) is 3.21. The Morgan fingerprint density at radius 2 is 1.89 bits per heavy atom. The fraction of sp³-hybridized carbons (Fsp3) is 0.300. The van der Waals surface area contributed by atoms with Gasteiger partial charge in [-0.1, -0.05) is 18.2 Å². The lowest BCUT2D eigenvalue weighted by atomic mass is 10.1. The number of halogens is 1. The van der Waals surface area contributed by atoms with Crippen LogP contribution < -0.4 is 15.5 Å². The molecule has 0 aromatic heterocycles. The molecular weight excluding hydrogens is 349 g/mol. The number of esters is 1. The number of carbonyl (C=O) groups is 2. The number of nitrogens with zero attached hydrogens (tertiary/aromatic N) is 1. The van der Waals surface area contributed by atoms with E-state index in [0.717, 1.165) is 31.6 Å². The van der Waals surface area contributed by atoms with Gasteiger partial charge in [-0.2, -0.15) is 0 Å². The number of carbonyl (C=O) groups excluding carboxylic acids is 2. The molecule has 3 rings (SSSR count). The van der Waals surface area contributed by atoms with Crippen LogP contribution in [-0.4, -0.2) is 32.2 Å². The molecule has 0 atom stereocenters. The number of hydrogen-bond donors (Lipinski definition) is 2. The summed E-state index contributed by atoms with van der Waals surface area (Å²) in [5, 5.41) is 5.42. The quantitative estimate of drug-likeness (QED) is 0.789. The first-order valence-corrected chi connectivity index (χ1v) is 8.84. The number of benzene rings is 2. The molecule has 0 saturated carbocycles. The predicted octanol–water partition coefficient (Wildman–Crippen LogP) is 3.53. The Morgan fingerprint density at radius 3 is 2.59 bits per heavy atom. The van der Waals surface area contributed by atoms with Gasteiger partial charge in [-0.25, -0.2) is 14.0 Å². The van der Waals surface area contributed by atoms with Crippen LogP contribution in [0, 0.1) is 5.82 Å². The van der Waals surface area contributed by atoms with Gasteiger partial charge in [0.2, 0.25) is 0 Å². The van der Waals surface area contributed by atoms with Crippen molar-refractivity contribution < 1.29 is 18.7 Å². The highest BCUT2D eigenvalue weighted by atomic mass is 19.1.